The lowest BCUT2D eigenvalue weighted by Gasteiger charge is -2.30. The first kappa shape index (κ1) is 10.2. The lowest BCUT2D eigenvalue weighted by Crippen LogP contribution is -2.16. The van der Waals surface area contributed by atoms with Crippen molar-refractivity contribution in [1.82, 2.24) is 4.98 Å². The predicted molar refractivity (Wildman–Crippen MR) is 63.7 cm³/mol. The summed E-state index contributed by atoms with van der Waals surface area (Å²) < 4.78 is 0. The molecule has 0 radical (unpaired) electrons. The van der Waals surface area contributed by atoms with E-state index in [0.717, 1.165) is 6.42 Å². The van der Waals surface area contributed by atoms with Gasteiger partial charge >= 0.3 is 0 Å². The Morgan fingerprint density at radius 1 is 1.47 bits per heavy atom. The van der Waals surface area contributed by atoms with Gasteiger partial charge in [-0.05, 0) is 23.5 Å². The number of hydrogen-bond acceptors (Lipinski definition) is 1. The van der Waals surface area contributed by atoms with Gasteiger partial charge in [0.05, 0.1) is 0 Å². The van der Waals surface area contributed by atoms with Crippen molar-refractivity contribution in [2.45, 2.75) is 26.2 Å². The molecule has 1 aromatic rings. The van der Waals surface area contributed by atoms with Crippen LogP contribution in [0.1, 0.15) is 31.7 Å². The van der Waals surface area contributed by atoms with Gasteiger partial charge in [0, 0.05) is 18.3 Å². The van der Waals surface area contributed by atoms with E-state index in [0.29, 0.717) is 5.92 Å². The summed E-state index contributed by atoms with van der Waals surface area (Å²) in [7, 11) is 0. The van der Waals surface area contributed by atoms with Crippen molar-refractivity contribution in [3.8, 4) is 0 Å². The Hall–Kier alpha value is -1.37. The Bertz CT molecular complexity index is 387. The third kappa shape index (κ3) is 2.17. The molecule has 15 heavy (non-hydrogen) atoms. The van der Waals surface area contributed by atoms with Crippen LogP contribution in [0.4, 0.5) is 0 Å². The van der Waals surface area contributed by atoms with Crippen LogP contribution < -0.4 is 0 Å². The van der Waals surface area contributed by atoms with E-state index in [4.69, 9.17) is 0 Å². The maximum absolute atomic E-state index is 4.19. The summed E-state index contributed by atoms with van der Waals surface area (Å²) >= 11 is 0. The molecule has 1 nitrogen and oxygen atoms in total. The SMILES string of the molecule is C=C1CC(C)(C)C=CC1c1cccnc1. The molecular weight excluding hydrogens is 182 g/mol. The highest BCUT2D eigenvalue weighted by molar-refractivity contribution is 5.35. The highest BCUT2D eigenvalue weighted by atomic mass is 14.6. The molecule has 0 aliphatic heterocycles. The molecule has 1 unspecified atom stereocenters. The fourth-order valence-corrected chi connectivity index (χ4v) is 2.15. The van der Waals surface area contributed by atoms with Crippen molar-refractivity contribution in [3.05, 3.63) is 54.4 Å². The van der Waals surface area contributed by atoms with E-state index in [9.17, 15) is 0 Å². The zero-order valence-corrected chi connectivity index (χ0v) is 9.40. The summed E-state index contributed by atoms with van der Waals surface area (Å²) in [5, 5.41) is 0. The van der Waals surface area contributed by atoms with Crippen molar-refractivity contribution in [2.24, 2.45) is 5.41 Å². The van der Waals surface area contributed by atoms with Gasteiger partial charge in [-0.2, -0.15) is 0 Å². The number of nitrogens with zero attached hydrogens (tertiary/aromatic N) is 1. The topological polar surface area (TPSA) is 12.9 Å². The molecule has 0 amide bonds. The lowest BCUT2D eigenvalue weighted by atomic mass is 9.74. The average Bonchev–Trinajstić information content (AvgIpc) is 2.17. The average molecular weight is 199 g/mol. The first-order valence-corrected chi connectivity index (χ1v) is 5.35. The van der Waals surface area contributed by atoms with E-state index >= 15 is 0 Å². The largest absolute Gasteiger partial charge is 0.264 e. The van der Waals surface area contributed by atoms with Gasteiger partial charge in [-0.3, -0.25) is 4.98 Å². The second-order valence-electron chi connectivity index (χ2n) is 4.95. The molecule has 0 fully saturated rings. The molecule has 0 saturated heterocycles. The number of allylic oxidation sites excluding steroid dienone is 3. The standard InChI is InChI=1S/C14H17N/c1-11-9-14(2,3)7-6-13(11)12-5-4-8-15-10-12/h4-8,10,13H,1,9H2,2-3H3. The minimum atomic E-state index is 0.260. The van der Waals surface area contributed by atoms with Crippen LogP contribution in [0.15, 0.2) is 48.8 Å². The maximum Gasteiger partial charge on any atom is 0.0309 e. The van der Waals surface area contributed by atoms with E-state index < -0.39 is 0 Å². The molecule has 1 aliphatic carbocycles. The molecule has 0 saturated carbocycles. The fraction of sp³-hybridized carbons (Fsp3) is 0.357. The number of rotatable bonds is 1. The zero-order chi connectivity index (χ0) is 10.9. The Labute approximate surface area is 91.6 Å². The van der Waals surface area contributed by atoms with Crippen LogP contribution in [0.5, 0.6) is 0 Å². The molecule has 0 aromatic carbocycles. The first-order valence-electron chi connectivity index (χ1n) is 5.35. The summed E-state index contributed by atoms with van der Waals surface area (Å²) in [6, 6.07) is 4.10. The molecule has 0 spiro atoms. The predicted octanol–water partition coefficient (Wildman–Crippen LogP) is 3.71. The fourth-order valence-electron chi connectivity index (χ4n) is 2.15. The van der Waals surface area contributed by atoms with E-state index in [1.165, 1.54) is 11.1 Å². The first-order chi connectivity index (χ1) is 7.08. The summed E-state index contributed by atoms with van der Waals surface area (Å²) in [5.74, 6) is 0.353. The van der Waals surface area contributed by atoms with Crippen LogP contribution in [0.2, 0.25) is 0 Å². The van der Waals surface area contributed by atoms with Crippen molar-refractivity contribution < 1.29 is 0 Å². The zero-order valence-electron chi connectivity index (χ0n) is 9.40. The van der Waals surface area contributed by atoms with Gasteiger partial charge in [0.15, 0.2) is 0 Å². The maximum atomic E-state index is 4.19. The molecule has 1 aliphatic rings. The van der Waals surface area contributed by atoms with Gasteiger partial charge in [-0.25, -0.2) is 0 Å². The lowest BCUT2D eigenvalue weighted by molar-refractivity contribution is 0.450. The van der Waals surface area contributed by atoms with Gasteiger partial charge in [-0.15, -0.1) is 0 Å². The van der Waals surface area contributed by atoms with E-state index in [2.05, 4.69) is 43.6 Å². The molecule has 0 N–H and O–H groups in total. The minimum absolute atomic E-state index is 0.260. The smallest absolute Gasteiger partial charge is 0.0309 e. The minimum Gasteiger partial charge on any atom is -0.264 e. The molecule has 78 valence electrons. The van der Waals surface area contributed by atoms with Gasteiger partial charge in [0.25, 0.3) is 0 Å². The summed E-state index contributed by atoms with van der Waals surface area (Å²) in [6.45, 7) is 8.68. The van der Waals surface area contributed by atoms with Crippen molar-refractivity contribution >= 4 is 0 Å². The van der Waals surface area contributed by atoms with E-state index in [-0.39, 0.29) is 5.41 Å². The monoisotopic (exact) mass is 199 g/mol. The Kier molecular flexibility index (Phi) is 2.47. The van der Waals surface area contributed by atoms with E-state index in [1.54, 1.807) is 0 Å². The van der Waals surface area contributed by atoms with Gasteiger partial charge in [-0.1, -0.05) is 44.2 Å². The molecule has 2 rings (SSSR count). The normalized spacial score (nSPS) is 24.1. The number of pyridine rings is 1. The van der Waals surface area contributed by atoms with Crippen LogP contribution in [0.3, 0.4) is 0 Å². The van der Waals surface area contributed by atoms with Crippen LogP contribution in [0.25, 0.3) is 0 Å². The molecule has 1 heterocycles. The van der Waals surface area contributed by atoms with Gasteiger partial charge < -0.3 is 0 Å². The number of aromatic nitrogens is 1. The Morgan fingerprint density at radius 3 is 2.87 bits per heavy atom. The van der Waals surface area contributed by atoms with Crippen LogP contribution in [-0.2, 0) is 0 Å². The van der Waals surface area contributed by atoms with Crippen molar-refractivity contribution in [1.29, 1.82) is 0 Å². The van der Waals surface area contributed by atoms with Crippen LogP contribution in [-0.4, -0.2) is 4.98 Å². The van der Waals surface area contributed by atoms with E-state index in [1.807, 2.05) is 18.5 Å². The van der Waals surface area contributed by atoms with Gasteiger partial charge in [0.2, 0.25) is 0 Å². The molecule has 1 aromatic heterocycles. The molecule has 1 atom stereocenters. The second-order valence-corrected chi connectivity index (χ2v) is 4.95. The highest BCUT2D eigenvalue weighted by Gasteiger charge is 2.25. The van der Waals surface area contributed by atoms with Crippen molar-refractivity contribution in [3.63, 3.8) is 0 Å². The highest BCUT2D eigenvalue weighted by Crippen LogP contribution is 2.39. The van der Waals surface area contributed by atoms with Crippen LogP contribution in [0, 0.1) is 5.41 Å². The quantitative estimate of drug-likeness (QED) is 0.628. The Morgan fingerprint density at radius 2 is 2.27 bits per heavy atom. The van der Waals surface area contributed by atoms with Crippen molar-refractivity contribution in [2.75, 3.05) is 0 Å². The second kappa shape index (κ2) is 3.65. The van der Waals surface area contributed by atoms with Gasteiger partial charge in [0.1, 0.15) is 0 Å². The number of hydrogen-bond donors (Lipinski definition) is 0. The van der Waals surface area contributed by atoms with Crippen LogP contribution >= 0.6 is 0 Å². The Balaban J connectivity index is 2.30. The molecule has 1 heteroatoms. The summed E-state index contributed by atoms with van der Waals surface area (Å²) in [4.78, 5) is 4.16. The molecular formula is C14H17N. The third-order valence-electron chi connectivity index (χ3n) is 2.91. The summed E-state index contributed by atoms with van der Waals surface area (Å²) in [5.41, 5.74) is 2.79. The third-order valence-corrected chi connectivity index (χ3v) is 2.91. The summed E-state index contributed by atoms with van der Waals surface area (Å²) in [6.07, 6.45) is 9.34. The molecule has 0 bridgehead atoms.